The molecule has 2 heteroatoms. The minimum Gasteiger partial charge on any atom is -0.306 e. The van der Waals surface area contributed by atoms with E-state index < -0.39 is 0 Å². The standard InChI is InChI=1S/C8H14N2/c1-6(2)10-8(4)5-7(3)9/h5,9H,1-4H3/b8-5-,9-7?. The van der Waals surface area contributed by atoms with Gasteiger partial charge in [0, 0.05) is 17.1 Å². The number of hydrogen-bond acceptors (Lipinski definition) is 2. The number of hydrogen-bond donors (Lipinski definition) is 1. The molecule has 0 radical (unpaired) electrons. The van der Waals surface area contributed by atoms with E-state index in [0.29, 0.717) is 5.71 Å². The van der Waals surface area contributed by atoms with E-state index in [-0.39, 0.29) is 0 Å². The molecule has 0 saturated heterocycles. The molecule has 1 N–H and O–H groups in total. The number of nitrogens with one attached hydrogen (secondary N) is 1. The summed E-state index contributed by atoms with van der Waals surface area (Å²) in [5, 5.41) is 7.12. The second-order valence-electron chi connectivity index (χ2n) is 2.53. The SMILES string of the molecule is CC(=N)/C=C(/C)N=C(C)C. The minimum atomic E-state index is 0.544. The third-order valence-electron chi connectivity index (χ3n) is 0.825. The van der Waals surface area contributed by atoms with Crippen LogP contribution in [0.25, 0.3) is 0 Å². The molecule has 0 rings (SSSR count). The lowest BCUT2D eigenvalue weighted by Crippen LogP contribution is -1.85. The molecule has 0 saturated carbocycles. The van der Waals surface area contributed by atoms with Crippen molar-refractivity contribution in [2.24, 2.45) is 4.99 Å². The summed E-state index contributed by atoms with van der Waals surface area (Å²) in [6.45, 7) is 7.52. The first-order chi connectivity index (χ1) is 4.52. The van der Waals surface area contributed by atoms with Gasteiger partial charge >= 0.3 is 0 Å². The van der Waals surface area contributed by atoms with Crippen molar-refractivity contribution in [3.8, 4) is 0 Å². The van der Waals surface area contributed by atoms with Gasteiger partial charge in [-0.05, 0) is 33.8 Å². The molecule has 0 aromatic carbocycles. The molecule has 0 aromatic heterocycles. The third kappa shape index (κ3) is 5.22. The highest BCUT2D eigenvalue weighted by molar-refractivity contribution is 5.91. The summed E-state index contributed by atoms with van der Waals surface area (Å²) in [5.74, 6) is 0. The van der Waals surface area contributed by atoms with E-state index in [0.717, 1.165) is 11.4 Å². The highest BCUT2D eigenvalue weighted by atomic mass is 14.7. The van der Waals surface area contributed by atoms with E-state index in [4.69, 9.17) is 5.41 Å². The van der Waals surface area contributed by atoms with Gasteiger partial charge in [-0.2, -0.15) is 0 Å². The monoisotopic (exact) mass is 138 g/mol. The van der Waals surface area contributed by atoms with Crippen LogP contribution in [0, 0.1) is 5.41 Å². The fraction of sp³-hybridized carbons (Fsp3) is 0.500. The van der Waals surface area contributed by atoms with Crippen LogP contribution in [0.15, 0.2) is 16.8 Å². The van der Waals surface area contributed by atoms with Crippen molar-refractivity contribution in [3.63, 3.8) is 0 Å². The summed E-state index contributed by atoms with van der Waals surface area (Å²) in [6, 6.07) is 0. The highest BCUT2D eigenvalue weighted by Crippen LogP contribution is 1.95. The van der Waals surface area contributed by atoms with Crippen LogP contribution < -0.4 is 0 Å². The molecule has 0 unspecified atom stereocenters. The lowest BCUT2D eigenvalue weighted by atomic mass is 10.3. The van der Waals surface area contributed by atoms with Gasteiger partial charge < -0.3 is 5.41 Å². The van der Waals surface area contributed by atoms with Crippen molar-refractivity contribution >= 4 is 11.4 Å². The quantitative estimate of drug-likeness (QED) is 0.569. The molecular weight excluding hydrogens is 124 g/mol. The molecule has 0 spiro atoms. The van der Waals surface area contributed by atoms with Crippen LogP contribution in [-0.2, 0) is 0 Å². The lowest BCUT2D eigenvalue weighted by Gasteiger charge is -1.92. The summed E-state index contributed by atoms with van der Waals surface area (Å²) in [5.41, 5.74) is 2.46. The molecule has 2 nitrogen and oxygen atoms in total. The van der Waals surface area contributed by atoms with Crippen molar-refractivity contribution in [2.45, 2.75) is 27.7 Å². The largest absolute Gasteiger partial charge is 0.306 e. The van der Waals surface area contributed by atoms with Crippen molar-refractivity contribution in [1.82, 2.24) is 0 Å². The number of aliphatic imine (C=N–C) groups is 1. The van der Waals surface area contributed by atoms with Gasteiger partial charge in [0.05, 0.1) is 0 Å². The van der Waals surface area contributed by atoms with Crippen LogP contribution in [0.2, 0.25) is 0 Å². The van der Waals surface area contributed by atoms with Crippen LogP contribution in [0.5, 0.6) is 0 Å². The molecule has 0 aliphatic rings. The normalized spacial score (nSPS) is 11.0. The summed E-state index contributed by atoms with van der Waals surface area (Å²) in [4.78, 5) is 4.15. The molecule has 0 atom stereocenters. The minimum absolute atomic E-state index is 0.544. The number of allylic oxidation sites excluding steroid dienone is 2. The maximum atomic E-state index is 7.12. The second kappa shape index (κ2) is 3.99. The predicted octanol–water partition coefficient (Wildman–Crippen LogP) is 2.41. The molecule has 56 valence electrons. The Morgan fingerprint density at radius 3 is 2.00 bits per heavy atom. The van der Waals surface area contributed by atoms with Gasteiger partial charge in [0.15, 0.2) is 0 Å². The van der Waals surface area contributed by atoms with Gasteiger partial charge in [0.2, 0.25) is 0 Å². The topological polar surface area (TPSA) is 36.2 Å². The zero-order valence-corrected chi connectivity index (χ0v) is 7.02. The number of rotatable bonds is 2. The lowest BCUT2D eigenvalue weighted by molar-refractivity contribution is 1.29. The van der Waals surface area contributed by atoms with E-state index in [1.807, 2.05) is 20.8 Å². The molecular formula is C8H14N2. The first-order valence-electron chi connectivity index (χ1n) is 3.27. The van der Waals surface area contributed by atoms with Crippen LogP contribution in [0.1, 0.15) is 27.7 Å². The Hall–Kier alpha value is -0.920. The highest BCUT2D eigenvalue weighted by Gasteiger charge is 1.84. The smallest absolute Gasteiger partial charge is 0.0389 e. The molecule has 0 heterocycles. The molecule has 0 bridgehead atoms. The van der Waals surface area contributed by atoms with E-state index in [2.05, 4.69) is 4.99 Å². The summed E-state index contributed by atoms with van der Waals surface area (Å²) in [7, 11) is 0. The van der Waals surface area contributed by atoms with Crippen molar-refractivity contribution in [3.05, 3.63) is 11.8 Å². The maximum absolute atomic E-state index is 7.12. The van der Waals surface area contributed by atoms with Gasteiger partial charge in [-0.3, -0.25) is 4.99 Å². The Morgan fingerprint density at radius 2 is 1.70 bits per heavy atom. The molecule has 0 aliphatic heterocycles. The molecule has 0 aliphatic carbocycles. The van der Waals surface area contributed by atoms with Crippen molar-refractivity contribution in [1.29, 1.82) is 5.41 Å². The predicted molar refractivity (Wildman–Crippen MR) is 45.9 cm³/mol. The van der Waals surface area contributed by atoms with Crippen molar-refractivity contribution in [2.75, 3.05) is 0 Å². The Kier molecular flexibility index (Phi) is 3.62. The first-order valence-corrected chi connectivity index (χ1v) is 3.27. The van der Waals surface area contributed by atoms with Gasteiger partial charge in [0.1, 0.15) is 0 Å². The zero-order valence-electron chi connectivity index (χ0n) is 7.02. The van der Waals surface area contributed by atoms with Gasteiger partial charge in [-0.1, -0.05) is 0 Å². The van der Waals surface area contributed by atoms with E-state index in [1.54, 1.807) is 13.0 Å². The molecule has 0 amide bonds. The average molecular weight is 138 g/mol. The fourth-order valence-corrected chi connectivity index (χ4v) is 0.698. The summed E-state index contributed by atoms with van der Waals surface area (Å²) < 4.78 is 0. The Bertz CT molecular complexity index is 183. The Morgan fingerprint density at radius 1 is 1.20 bits per heavy atom. The van der Waals surface area contributed by atoms with Crippen LogP contribution in [0.3, 0.4) is 0 Å². The van der Waals surface area contributed by atoms with Gasteiger partial charge in [-0.25, -0.2) is 0 Å². The van der Waals surface area contributed by atoms with E-state index >= 15 is 0 Å². The maximum Gasteiger partial charge on any atom is 0.0389 e. The number of nitrogens with zero attached hydrogens (tertiary/aromatic N) is 1. The second-order valence-corrected chi connectivity index (χ2v) is 2.53. The summed E-state index contributed by atoms with van der Waals surface area (Å²) in [6.07, 6.45) is 1.74. The molecule has 0 fully saturated rings. The summed E-state index contributed by atoms with van der Waals surface area (Å²) >= 11 is 0. The van der Waals surface area contributed by atoms with Crippen molar-refractivity contribution < 1.29 is 0 Å². The third-order valence-corrected chi connectivity index (χ3v) is 0.825. The van der Waals surface area contributed by atoms with Crippen LogP contribution >= 0.6 is 0 Å². The average Bonchev–Trinajstić information content (AvgIpc) is 1.58. The fourth-order valence-electron chi connectivity index (χ4n) is 0.698. The van der Waals surface area contributed by atoms with Crippen LogP contribution in [0.4, 0.5) is 0 Å². The van der Waals surface area contributed by atoms with Gasteiger partial charge in [0.25, 0.3) is 0 Å². The van der Waals surface area contributed by atoms with Gasteiger partial charge in [-0.15, -0.1) is 0 Å². The first kappa shape index (κ1) is 9.08. The zero-order chi connectivity index (χ0) is 8.15. The Labute approximate surface area is 62.2 Å². The molecule has 10 heavy (non-hydrogen) atoms. The Balaban J connectivity index is 4.22. The van der Waals surface area contributed by atoms with E-state index in [9.17, 15) is 0 Å². The van der Waals surface area contributed by atoms with E-state index in [1.165, 1.54) is 0 Å². The van der Waals surface area contributed by atoms with Crippen LogP contribution in [-0.4, -0.2) is 11.4 Å². The molecule has 0 aromatic rings.